The third-order valence-electron chi connectivity index (χ3n) is 3.48. The van der Waals surface area contributed by atoms with Crippen LogP contribution in [-0.4, -0.2) is 25.8 Å². The maximum absolute atomic E-state index is 14.2. The van der Waals surface area contributed by atoms with Crippen LogP contribution >= 0.6 is 23.2 Å². The van der Waals surface area contributed by atoms with Crippen molar-refractivity contribution in [2.24, 2.45) is 5.41 Å². The predicted molar refractivity (Wildman–Crippen MR) is 78.1 cm³/mol. The molecule has 112 valence electrons. The van der Waals surface area contributed by atoms with Gasteiger partial charge in [0.15, 0.2) is 0 Å². The second-order valence-corrected chi connectivity index (χ2v) is 8.37. The summed E-state index contributed by atoms with van der Waals surface area (Å²) in [5.41, 5.74) is -0.00606. The molecule has 20 heavy (non-hydrogen) atoms. The van der Waals surface area contributed by atoms with Gasteiger partial charge >= 0.3 is 0 Å². The highest BCUT2D eigenvalue weighted by atomic mass is 35.5. The molecule has 0 unspecified atom stereocenters. The van der Waals surface area contributed by atoms with Crippen LogP contribution in [-0.2, 0) is 15.9 Å². The monoisotopic (exact) mass is 339 g/mol. The van der Waals surface area contributed by atoms with Gasteiger partial charge in [-0.25, -0.2) is 12.8 Å². The van der Waals surface area contributed by atoms with Crippen LogP contribution in [0.15, 0.2) is 17.0 Å². The van der Waals surface area contributed by atoms with Gasteiger partial charge < -0.3 is 0 Å². The van der Waals surface area contributed by atoms with Gasteiger partial charge in [0, 0.05) is 23.7 Å². The largest absolute Gasteiger partial charge is 0.246 e. The highest BCUT2D eigenvalue weighted by molar-refractivity contribution is 7.89. The molecule has 1 heterocycles. The number of benzene rings is 1. The van der Waals surface area contributed by atoms with Gasteiger partial charge in [-0.15, -0.1) is 11.6 Å². The molecule has 0 atom stereocenters. The van der Waals surface area contributed by atoms with Crippen molar-refractivity contribution in [3.63, 3.8) is 0 Å². The number of alkyl halides is 1. The van der Waals surface area contributed by atoms with Crippen LogP contribution in [0.4, 0.5) is 4.39 Å². The lowest BCUT2D eigenvalue weighted by Crippen LogP contribution is -2.31. The van der Waals surface area contributed by atoms with Crippen molar-refractivity contribution in [2.45, 2.75) is 31.0 Å². The number of sulfonamides is 1. The normalized spacial score (nSPS) is 19.4. The van der Waals surface area contributed by atoms with E-state index in [0.717, 1.165) is 12.5 Å². The number of hydrogen-bond acceptors (Lipinski definition) is 2. The minimum absolute atomic E-state index is 0.0937. The van der Waals surface area contributed by atoms with E-state index in [9.17, 15) is 12.8 Å². The summed E-state index contributed by atoms with van der Waals surface area (Å²) >= 11 is 11.5. The van der Waals surface area contributed by atoms with Gasteiger partial charge in [-0.1, -0.05) is 25.4 Å². The summed E-state index contributed by atoms with van der Waals surface area (Å²) in [5.74, 6) is -0.936. The Kier molecular flexibility index (Phi) is 4.36. The fraction of sp³-hybridized carbons (Fsp3) is 0.538. The van der Waals surface area contributed by atoms with Gasteiger partial charge in [-0.2, -0.15) is 4.31 Å². The zero-order valence-corrected chi connectivity index (χ0v) is 13.6. The molecule has 0 aliphatic carbocycles. The summed E-state index contributed by atoms with van der Waals surface area (Å²) in [4.78, 5) is -0.390. The number of halogens is 3. The van der Waals surface area contributed by atoms with Crippen LogP contribution < -0.4 is 0 Å². The van der Waals surface area contributed by atoms with Gasteiger partial charge in [-0.3, -0.25) is 0 Å². The molecule has 0 bridgehead atoms. The summed E-state index contributed by atoms with van der Waals surface area (Å²) in [7, 11) is -3.88. The van der Waals surface area contributed by atoms with Crippen LogP contribution in [0, 0.1) is 11.2 Å². The minimum atomic E-state index is -3.88. The van der Waals surface area contributed by atoms with Crippen molar-refractivity contribution in [1.29, 1.82) is 0 Å². The summed E-state index contributed by atoms with van der Waals surface area (Å²) < 4.78 is 40.6. The van der Waals surface area contributed by atoms with E-state index in [0.29, 0.717) is 13.1 Å². The topological polar surface area (TPSA) is 37.4 Å². The van der Waals surface area contributed by atoms with E-state index in [2.05, 4.69) is 0 Å². The molecule has 0 N–H and O–H groups in total. The molecule has 1 aliphatic heterocycles. The lowest BCUT2D eigenvalue weighted by atomic mass is 9.93. The van der Waals surface area contributed by atoms with Gasteiger partial charge in [-0.05, 0) is 24.0 Å². The van der Waals surface area contributed by atoms with Crippen LogP contribution in [0.5, 0.6) is 0 Å². The third-order valence-corrected chi connectivity index (χ3v) is 5.83. The van der Waals surface area contributed by atoms with Gasteiger partial charge in [0.1, 0.15) is 10.7 Å². The average molecular weight is 340 g/mol. The quantitative estimate of drug-likeness (QED) is 0.788. The van der Waals surface area contributed by atoms with E-state index in [1.807, 2.05) is 13.8 Å². The van der Waals surface area contributed by atoms with E-state index in [1.54, 1.807) is 0 Å². The third kappa shape index (κ3) is 2.96. The maximum atomic E-state index is 14.2. The summed E-state index contributed by atoms with van der Waals surface area (Å²) in [5, 5.41) is 0.166. The Morgan fingerprint density at radius 2 is 2.05 bits per heavy atom. The molecule has 0 spiro atoms. The van der Waals surface area contributed by atoms with Crippen LogP contribution in [0.1, 0.15) is 25.8 Å². The van der Waals surface area contributed by atoms with Crippen molar-refractivity contribution in [3.8, 4) is 0 Å². The molecule has 0 saturated carbocycles. The Morgan fingerprint density at radius 1 is 1.40 bits per heavy atom. The number of nitrogens with zero attached hydrogens (tertiary/aromatic N) is 1. The molecule has 1 aliphatic rings. The van der Waals surface area contributed by atoms with E-state index >= 15 is 0 Å². The molecule has 2 rings (SSSR count). The summed E-state index contributed by atoms with van der Waals surface area (Å²) in [6.45, 7) is 4.73. The van der Waals surface area contributed by atoms with E-state index in [-0.39, 0.29) is 21.9 Å². The molecule has 0 amide bonds. The van der Waals surface area contributed by atoms with Crippen LogP contribution in [0.3, 0.4) is 0 Å². The molecular formula is C13H16Cl2FNO2S. The number of rotatable bonds is 3. The SMILES string of the molecule is CC1(C)CCN(S(=O)(=O)c2cc(Cl)cc(CCl)c2F)C1. The van der Waals surface area contributed by atoms with Crippen molar-refractivity contribution < 1.29 is 12.8 Å². The molecular weight excluding hydrogens is 324 g/mol. The lowest BCUT2D eigenvalue weighted by Gasteiger charge is -2.20. The maximum Gasteiger partial charge on any atom is 0.246 e. The summed E-state index contributed by atoms with van der Waals surface area (Å²) in [6, 6.07) is 2.49. The van der Waals surface area contributed by atoms with Gasteiger partial charge in [0.25, 0.3) is 0 Å². The predicted octanol–water partition coefficient (Wildman–Crippen LogP) is 3.64. The smallest absolute Gasteiger partial charge is 0.207 e. The standard InChI is InChI=1S/C13H16Cl2FNO2S/c1-13(2)3-4-17(8-13)20(18,19)11-6-10(15)5-9(7-14)12(11)16/h5-6H,3-4,7-8H2,1-2H3. The molecule has 1 fully saturated rings. The molecule has 3 nitrogen and oxygen atoms in total. The lowest BCUT2D eigenvalue weighted by molar-refractivity contribution is 0.374. The first-order valence-corrected chi connectivity index (χ1v) is 8.57. The molecule has 7 heteroatoms. The fourth-order valence-electron chi connectivity index (χ4n) is 2.31. The Hall–Kier alpha value is -0.360. The first kappa shape index (κ1) is 16.0. The van der Waals surface area contributed by atoms with Gasteiger partial charge in [0.05, 0.1) is 5.88 Å². The Bertz CT molecular complexity index is 632. The molecule has 1 aromatic rings. The van der Waals surface area contributed by atoms with Gasteiger partial charge in [0.2, 0.25) is 10.0 Å². The Balaban J connectivity index is 2.48. The van der Waals surface area contributed by atoms with Crippen LogP contribution in [0.2, 0.25) is 5.02 Å². The van der Waals surface area contributed by atoms with Crippen molar-refractivity contribution in [3.05, 3.63) is 28.5 Å². The summed E-state index contributed by atoms with van der Waals surface area (Å²) in [6.07, 6.45) is 0.747. The van der Waals surface area contributed by atoms with Crippen molar-refractivity contribution in [1.82, 2.24) is 4.31 Å². The fourth-order valence-corrected chi connectivity index (χ4v) is 4.57. The second kappa shape index (κ2) is 5.44. The molecule has 0 aromatic heterocycles. The number of hydrogen-bond donors (Lipinski definition) is 0. The Labute approximate surface area is 128 Å². The van der Waals surface area contributed by atoms with E-state index < -0.39 is 20.7 Å². The molecule has 0 radical (unpaired) electrons. The highest BCUT2D eigenvalue weighted by Crippen LogP contribution is 2.34. The average Bonchev–Trinajstić information content (AvgIpc) is 2.72. The first-order chi connectivity index (χ1) is 9.17. The highest BCUT2D eigenvalue weighted by Gasteiger charge is 2.38. The van der Waals surface area contributed by atoms with Crippen LogP contribution in [0.25, 0.3) is 0 Å². The van der Waals surface area contributed by atoms with Crippen molar-refractivity contribution >= 4 is 33.2 Å². The molecule has 1 saturated heterocycles. The van der Waals surface area contributed by atoms with Crippen molar-refractivity contribution in [2.75, 3.05) is 13.1 Å². The Morgan fingerprint density at radius 3 is 2.55 bits per heavy atom. The second-order valence-electron chi connectivity index (χ2n) is 5.76. The zero-order valence-electron chi connectivity index (χ0n) is 11.3. The zero-order chi connectivity index (χ0) is 15.1. The first-order valence-electron chi connectivity index (χ1n) is 6.21. The van der Waals surface area contributed by atoms with E-state index in [1.165, 1.54) is 10.4 Å². The molecule has 1 aromatic carbocycles. The minimum Gasteiger partial charge on any atom is -0.207 e. The van der Waals surface area contributed by atoms with E-state index in [4.69, 9.17) is 23.2 Å².